The van der Waals surface area contributed by atoms with Gasteiger partial charge in [-0.3, -0.25) is 4.55 Å². The molecule has 0 aliphatic carbocycles. The van der Waals surface area contributed by atoms with E-state index in [-0.39, 0.29) is 0 Å². The molecule has 0 saturated heterocycles. The Labute approximate surface area is 70.9 Å². The van der Waals surface area contributed by atoms with Crippen LogP contribution in [0.4, 0.5) is 3.89 Å². The normalized spacial score (nSPS) is 9.92. The fourth-order valence-corrected chi connectivity index (χ4v) is 0.534. The van der Waals surface area contributed by atoms with Crippen LogP contribution in [0.5, 0.6) is 0 Å². The summed E-state index contributed by atoms with van der Waals surface area (Å²) in [5.74, 6) is 0. The highest BCUT2D eigenvalue weighted by atomic mass is 32.3. The van der Waals surface area contributed by atoms with Gasteiger partial charge < -0.3 is 0 Å². The van der Waals surface area contributed by atoms with Crippen LogP contribution < -0.4 is 0 Å². The lowest BCUT2D eigenvalue weighted by molar-refractivity contribution is 0.435. The minimum Gasteiger partial charge on any atom is -0.260 e. The van der Waals surface area contributed by atoms with Gasteiger partial charge in [0.15, 0.2) is 0 Å². The average molecular weight is 192 g/mol. The summed E-state index contributed by atoms with van der Waals surface area (Å²) in [6.07, 6.45) is 0. The van der Waals surface area contributed by atoms with Crippen molar-refractivity contribution in [1.29, 1.82) is 0 Å². The second kappa shape index (κ2) is 4.84. The van der Waals surface area contributed by atoms with E-state index in [2.05, 4.69) is 19.1 Å². The molecule has 0 unspecified atom stereocenters. The van der Waals surface area contributed by atoms with Crippen molar-refractivity contribution in [3.63, 3.8) is 0 Å². The molecule has 1 N–H and O–H groups in total. The molecule has 0 fully saturated rings. The molecule has 0 amide bonds. The number of aryl methyl sites for hydroxylation is 1. The molecule has 0 saturated carbocycles. The van der Waals surface area contributed by atoms with Gasteiger partial charge in [-0.2, -0.15) is 8.42 Å². The van der Waals surface area contributed by atoms with Crippen LogP contribution in [0.1, 0.15) is 5.56 Å². The maximum Gasteiger partial charge on any atom is 0.435 e. The van der Waals surface area contributed by atoms with Crippen molar-refractivity contribution >= 4 is 10.5 Å². The van der Waals surface area contributed by atoms with Crippen molar-refractivity contribution in [3.8, 4) is 0 Å². The van der Waals surface area contributed by atoms with Crippen LogP contribution in [0.15, 0.2) is 30.3 Å². The standard InChI is InChI=1S/C7H8.FHO3S/c1-7-5-3-2-4-6-7;1-5(2,3)4/h2-6H,1H3;(H,2,3,4). The van der Waals surface area contributed by atoms with Crippen molar-refractivity contribution in [3.05, 3.63) is 35.9 Å². The molecule has 0 aliphatic rings. The van der Waals surface area contributed by atoms with Crippen molar-refractivity contribution in [1.82, 2.24) is 0 Å². The monoisotopic (exact) mass is 192 g/mol. The Morgan fingerprint density at radius 2 is 1.58 bits per heavy atom. The molecule has 0 bridgehead atoms. The number of hydrogen-bond acceptors (Lipinski definition) is 2. The third-order valence-electron chi connectivity index (χ3n) is 0.940. The van der Waals surface area contributed by atoms with E-state index in [0.29, 0.717) is 0 Å². The van der Waals surface area contributed by atoms with E-state index in [0.717, 1.165) is 0 Å². The first-order valence-electron chi connectivity index (χ1n) is 3.08. The molecule has 1 aromatic rings. The van der Waals surface area contributed by atoms with E-state index in [9.17, 15) is 3.89 Å². The predicted molar refractivity (Wildman–Crippen MR) is 43.8 cm³/mol. The summed E-state index contributed by atoms with van der Waals surface area (Å²) in [6.45, 7) is 2.08. The van der Waals surface area contributed by atoms with Crippen LogP contribution in [0.25, 0.3) is 0 Å². The molecule has 68 valence electrons. The van der Waals surface area contributed by atoms with Gasteiger partial charge in [0.2, 0.25) is 0 Å². The van der Waals surface area contributed by atoms with Gasteiger partial charge in [0.25, 0.3) is 0 Å². The minimum atomic E-state index is -5.17. The summed E-state index contributed by atoms with van der Waals surface area (Å²) in [4.78, 5) is 0. The molecular formula is C7H9FO3S. The van der Waals surface area contributed by atoms with Crippen LogP contribution in [0.3, 0.4) is 0 Å². The van der Waals surface area contributed by atoms with Gasteiger partial charge in [-0.1, -0.05) is 39.8 Å². The second-order valence-electron chi connectivity index (χ2n) is 2.07. The average Bonchev–Trinajstić information content (AvgIpc) is 1.85. The largest absolute Gasteiger partial charge is 0.435 e. The number of rotatable bonds is 0. The van der Waals surface area contributed by atoms with Gasteiger partial charge in [-0.15, -0.1) is 0 Å². The second-order valence-corrected chi connectivity index (χ2v) is 2.89. The van der Waals surface area contributed by atoms with Crippen LogP contribution in [0, 0.1) is 6.92 Å². The Morgan fingerprint density at radius 1 is 1.25 bits per heavy atom. The molecule has 0 atom stereocenters. The van der Waals surface area contributed by atoms with E-state index >= 15 is 0 Å². The first-order valence-corrected chi connectivity index (χ1v) is 4.42. The van der Waals surface area contributed by atoms with Crippen LogP contribution in [-0.2, 0) is 10.5 Å². The summed E-state index contributed by atoms with van der Waals surface area (Å²) in [5, 5.41) is 0. The topological polar surface area (TPSA) is 54.4 Å². The van der Waals surface area contributed by atoms with Crippen LogP contribution in [-0.4, -0.2) is 13.0 Å². The van der Waals surface area contributed by atoms with Gasteiger partial charge in [-0.25, -0.2) is 0 Å². The zero-order chi connectivity index (χ0) is 9.61. The van der Waals surface area contributed by atoms with Crippen molar-refractivity contribution in [2.75, 3.05) is 0 Å². The smallest absolute Gasteiger partial charge is 0.260 e. The Morgan fingerprint density at radius 3 is 1.75 bits per heavy atom. The van der Waals surface area contributed by atoms with E-state index in [1.54, 1.807) is 0 Å². The fraction of sp³-hybridized carbons (Fsp3) is 0.143. The summed E-state index contributed by atoms with van der Waals surface area (Å²) in [5.41, 5.74) is 1.32. The zero-order valence-electron chi connectivity index (χ0n) is 6.44. The number of hydrogen-bond donors (Lipinski definition) is 1. The van der Waals surface area contributed by atoms with E-state index in [1.165, 1.54) is 5.56 Å². The van der Waals surface area contributed by atoms with E-state index in [4.69, 9.17) is 13.0 Å². The van der Waals surface area contributed by atoms with Crippen LogP contribution in [0.2, 0.25) is 0 Å². The molecule has 0 heterocycles. The van der Waals surface area contributed by atoms with E-state index in [1.807, 2.05) is 18.2 Å². The Bertz CT molecular complexity index is 299. The Hall–Kier alpha value is -0.940. The van der Waals surface area contributed by atoms with Gasteiger partial charge >= 0.3 is 10.5 Å². The quantitative estimate of drug-likeness (QED) is 0.503. The van der Waals surface area contributed by atoms with Gasteiger partial charge in [0.05, 0.1) is 0 Å². The highest BCUT2D eigenvalue weighted by molar-refractivity contribution is 7.80. The number of halogens is 1. The Kier molecular flexibility index (Phi) is 4.46. The molecule has 5 heteroatoms. The SMILES string of the molecule is Cc1ccccc1.O=S(=O)(O)F. The molecule has 0 radical (unpaired) electrons. The summed E-state index contributed by atoms with van der Waals surface area (Å²) in [6, 6.07) is 10.3. The minimum absolute atomic E-state index is 1.32. The van der Waals surface area contributed by atoms with Crippen molar-refractivity contribution < 1.29 is 16.9 Å². The molecule has 0 aromatic heterocycles. The third kappa shape index (κ3) is 11.8. The summed E-state index contributed by atoms with van der Waals surface area (Å²) >= 11 is 0. The predicted octanol–water partition coefficient (Wildman–Crippen LogP) is 1.75. The van der Waals surface area contributed by atoms with E-state index < -0.39 is 10.5 Å². The lowest BCUT2D eigenvalue weighted by atomic mass is 10.2. The lowest BCUT2D eigenvalue weighted by Crippen LogP contribution is -1.80. The van der Waals surface area contributed by atoms with Gasteiger partial charge in [0.1, 0.15) is 0 Å². The van der Waals surface area contributed by atoms with Crippen LogP contribution >= 0.6 is 0 Å². The molecule has 1 rings (SSSR count). The van der Waals surface area contributed by atoms with Gasteiger partial charge in [-0.05, 0) is 6.92 Å². The summed E-state index contributed by atoms with van der Waals surface area (Å²) < 4.78 is 34.1. The first-order chi connectivity index (χ1) is 5.39. The molecule has 0 spiro atoms. The fourth-order valence-electron chi connectivity index (χ4n) is 0.534. The highest BCUT2D eigenvalue weighted by Crippen LogP contribution is 1.92. The Balaban J connectivity index is 0.000000217. The van der Waals surface area contributed by atoms with Crippen molar-refractivity contribution in [2.24, 2.45) is 0 Å². The van der Waals surface area contributed by atoms with Gasteiger partial charge in [0, 0.05) is 0 Å². The maximum absolute atomic E-state index is 10.2. The number of benzene rings is 1. The molecule has 0 aliphatic heterocycles. The lowest BCUT2D eigenvalue weighted by Gasteiger charge is -1.82. The molecule has 12 heavy (non-hydrogen) atoms. The molecule has 3 nitrogen and oxygen atoms in total. The molecular weight excluding hydrogens is 183 g/mol. The first kappa shape index (κ1) is 11.1. The molecule has 1 aromatic carbocycles. The maximum atomic E-state index is 10.2. The highest BCUT2D eigenvalue weighted by Gasteiger charge is 1.89. The third-order valence-corrected chi connectivity index (χ3v) is 0.940. The summed E-state index contributed by atoms with van der Waals surface area (Å²) in [7, 11) is -5.17. The zero-order valence-corrected chi connectivity index (χ0v) is 7.25. The van der Waals surface area contributed by atoms with Crippen molar-refractivity contribution in [2.45, 2.75) is 6.92 Å².